The van der Waals surface area contributed by atoms with Crippen LogP contribution in [0.25, 0.3) is 0 Å². The van der Waals surface area contributed by atoms with Gasteiger partial charge in [-0.2, -0.15) is 5.10 Å². The molecule has 0 bridgehead atoms. The monoisotopic (exact) mass is 262 g/mol. The van der Waals surface area contributed by atoms with E-state index < -0.39 is 0 Å². The van der Waals surface area contributed by atoms with Gasteiger partial charge in [-0.15, -0.1) is 0 Å². The van der Waals surface area contributed by atoms with E-state index in [1.807, 2.05) is 6.20 Å². The Labute approximate surface area is 116 Å². The molecule has 1 unspecified atom stereocenters. The average Bonchev–Trinajstić information content (AvgIpc) is 2.95. The molecule has 0 aromatic carbocycles. The SMILES string of the molecule is CCCn1cc(CN(CC2CCCN2)C2CC2)cn1. The first-order chi connectivity index (χ1) is 9.35. The number of nitrogens with one attached hydrogen (secondary N) is 1. The minimum Gasteiger partial charge on any atom is -0.313 e. The van der Waals surface area contributed by atoms with E-state index in [2.05, 4.69) is 33.1 Å². The molecule has 1 saturated carbocycles. The van der Waals surface area contributed by atoms with E-state index in [-0.39, 0.29) is 0 Å². The van der Waals surface area contributed by atoms with Gasteiger partial charge < -0.3 is 5.32 Å². The third kappa shape index (κ3) is 3.57. The number of aryl methyl sites for hydroxylation is 1. The van der Waals surface area contributed by atoms with Crippen LogP contribution >= 0.6 is 0 Å². The maximum absolute atomic E-state index is 4.44. The van der Waals surface area contributed by atoms with E-state index in [1.54, 1.807) is 0 Å². The molecule has 1 aliphatic heterocycles. The number of rotatable bonds is 7. The van der Waals surface area contributed by atoms with Crippen molar-refractivity contribution in [3.05, 3.63) is 18.0 Å². The van der Waals surface area contributed by atoms with Gasteiger partial charge >= 0.3 is 0 Å². The Morgan fingerprint density at radius 1 is 1.42 bits per heavy atom. The van der Waals surface area contributed by atoms with Gasteiger partial charge in [-0.3, -0.25) is 9.58 Å². The quantitative estimate of drug-likeness (QED) is 0.816. The molecule has 0 radical (unpaired) electrons. The molecule has 4 heteroatoms. The Morgan fingerprint density at radius 2 is 2.32 bits per heavy atom. The summed E-state index contributed by atoms with van der Waals surface area (Å²) < 4.78 is 2.08. The molecule has 2 fully saturated rings. The van der Waals surface area contributed by atoms with Gasteiger partial charge in [0.05, 0.1) is 6.20 Å². The van der Waals surface area contributed by atoms with E-state index in [0.717, 1.165) is 25.6 Å². The highest BCUT2D eigenvalue weighted by Crippen LogP contribution is 2.29. The summed E-state index contributed by atoms with van der Waals surface area (Å²) in [6, 6.07) is 1.54. The first-order valence-electron chi connectivity index (χ1n) is 7.84. The van der Waals surface area contributed by atoms with Crippen molar-refractivity contribution in [2.45, 2.75) is 64.2 Å². The normalized spacial score (nSPS) is 23.4. The Kier molecular flexibility index (Phi) is 4.18. The maximum atomic E-state index is 4.44. The van der Waals surface area contributed by atoms with Crippen LogP contribution in [0.5, 0.6) is 0 Å². The second-order valence-electron chi connectivity index (χ2n) is 6.07. The highest BCUT2D eigenvalue weighted by atomic mass is 15.3. The zero-order chi connectivity index (χ0) is 13.1. The summed E-state index contributed by atoms with van der Waals surface area (Å²) >= 11 is 0. The van der Waals surface area contributed by atoms with Crippen molar-refractivity contribution in [2.75, 3.05) is 13.1 Å². The number of aromatic nitrogens is 2. The van der Waals surface area contributed by atoms with Crippen molar-refractivity contribution in [3.8, 4) is 0 Å². The summed E-state index contributed by atoms with van der Waals surface area (Å²) in [7, 11) is 0. The van der Waals surface area contributed by atoms with Crippen LogP contribution in [0.15, 0.2) is 12.4 Å². The summed E-state index contributed by atoms with van der Waals surface area (Å²) in [6.45, 7) is 6.73. The lowest BCUT2D eigenvalue weighted by Gasteiger charge is -2.25. The van der Waals surface area contributed by atoms with Crippen molar-refractivity contribution < 1.29 is 0 Å². The second-order valence-corrected chi connectivity index (χ2v) is 6.07. The van der Waals surface area contributed by atoms with Crippen molar-refractivity contribution in [3.63, 3.8) is 0 Å². The average molecular weight is 262 g/mol. The molecular weight excluding hydrogens is 236 g/mol. The van der Waals surface area contributed by atoms with Crippen molar-refractivity contribution >= 4 is 0 Å². The van der Waals surface area contributed by atoms with Crippen LogP contribution in [0.1, 0.15) is 44.6 Å². The van der Waals surface area contributed by atoms with Crippen LogP contribution in [-0.2, 0) is 13.1 Å². The van der Waals surface area contributed by atoms with Crippen LogP contribution in [0, 0.1) is 0 Å². The fraction of sp³-hybridized carbons (Fsp3) is 0.800. The van der Waals surface area contributed by atoms with Crippen molar-refractivity contribution in [2.24, 2.45) is 0 Å². The van der Waals surface area contributed by atoms with Crippen LogP contribution in [0.4, 0.5) is 0 Å². The van der Waals surface area contributed by atoms with Gasteiger partial charge in [-0.1, -0.05) is 6.92 Å². The molecule has 19 heavy (non-hydrogen) atoms. The first kappa shape index (κ1) is 13.1. The molecule has 2 aliphatic rings. The Morgan fingerprint density at radius 3 is 3.00 bits per heavy atom. The van der Waals surface area contributed by atoms with E-state index >= 15 is 0 Å². The third-order valence-electron chi connectivity index (χ3n) is 4.21. The van der Waals surface area contributed by atoms with E-state index in [9.17, 15) is 0 Å². The Bertz CT molecular complexity index is 391. The molecule has 1 aliphatic carbocycles. The molecule has 1 N–H and O–H groups in total. The first-order valence-corrected chi connectivity index (χ1v) is 7.84. The smallest absolute Gasteiger partial charge is 0.0534 e. The Hall–Kier alpha value is -0.870. The van der Waals surface area contributed by atoms with Crippen LogP contribution in [0.2, 0.25) is 0 Å². The molecular formula is C15H26N4. The van der Waals surface area contributed by atoms with Gasteiger partial charge in [0.25, 0.3) is 0 Å². The molecule has 0 amide bonds. The zero-order valence-corrected chi connectivity index (χ0v) is 12.0. The van der Waals surface area contributed by atoms with Crippen molar-refractivity contribution in [1.29, 1.82) is 0 Å². The second kappa shape index (κ2) is 6.06. The molecule has 1 aromatic rings. The molecule has 0 spiro atoms. The minimum absolute atomic E-state index is 0.714. The lowest BCUT2D eigenvalue weighted by molar-refractivity contribution is 0.231. The maximum Gasteiger partial charge on any atom is 0.0534 e. The standard InChI is InChI=1S/C15H26N4/c1-2-8-19-11-13(9-17-19)10-18(15-5-6-15)12-14-4-3-7-16-14/h9,11,14-16H,2-8,10,12H2,1H3. The summed E-state index contributed by atoms with van der Waals surface area (Å²) in [5.74, 6) is 0. The van der Waals surface area contributed by atoms with Crippen LogP contribution < -0.4 is 5.32 Å². The molecule has 1 aromatic heterocycles. The molecule has 4 nitrogen and oxygen atoms in total. The summed E-state index contributed by atoms with van der Waals surface area (Å²) in [5, 5.41) is 8.06. The topological polar surface area (TPSA) is 33.1 Å². The van der Waals surface area contributed by atoms with Gasteiger partial charge in [-0.25, -0.2) is 0 Å². The van der Waals surface area contributed by atoms with Gasteiger partial charge in [-0.05, 0) is 38.6 Å². The highest BCUT2D eigenvalue weighted by molar-refractivity contribution is 5.05. The van der Waals surface area contributed by atoms with E-state index in [0.29, 0.717) is 6.04 Å². The molecule has 3 rings (SSSR count). The third-order valence-corrected chi connectivity index (χ3v) is 4.21. The highest BCUT2D eigenvalue weighted by Gasteiger charge is 2.31. The minimum atomic E-state index is 0.714. The molecule has 1 atom stereocenters. The summed E-state index contributed by atoms with van der Waals surface area (Å²) in [4.78, 5) is 2.66. The van der Waals surface area contributed by atoms with Gasteiger partial charge in [0, 0.05) is 43.5 Å². The number of hydrogen-bond acceptors (Lipinski definition) is 3. The van der Waals surface area contributed by atoms with Crippen LogP contribution in [0.3, 0.4) is 0 Å². The fourth-order valence-corrected chi connectivity index (χ4v) is 3.05. The van der Waals surface area contributed by atoms with Gasteiger partial charge in [0.15, 0.2) is 0 Å². The predicted octanol–water partition coefficient (Wildman–Crippen LogP) is 2.01. The Balaban J connectivity index is 1.56. The summed E-state index contributed by atoms with van der Waals surface area (Å²) in [6.07, 6.45) is 10.9. The number of hydrogen-bond donors (Lipinski definition) is 1. The predicted molar refractivity (Wildman–Crippen MR) is 77.0 cm³/mol. The summed E-state index contributed by atoms with van der Waals surface area (Å²) in [5.41, 5.74) is 1.37. The molecule has 2 heterocycles. The van der Waals surface area contributed by atoms with Gasteiger partial charge in [0.1, 0.15) is 0 Å². The number of nitrogens with zero attached hydrogens (tertiary/aromatic N) is 3. The van der Waals surface area contributed by atoms with Crippen molar-refractivity contribution in [1.82, 2.24) is 20.0 Å². The lowest BCUT2D eigenvalue weighted by atomic mass is 10.2. The lowest BCUT2D eigenvalue weighted by Crippen LogP contribution is -2.38. The fourth-order valence-electron chi connectivity index (χ4n) is 3.05. The molecule has 106 valence electrons. The van der Waals surface area contributed by atoms with Crippen LogP contribution in [-0.4, -0.2) is 39.9 Å². The molecule has 1 saturated heterocycles. The van der Waals surface area contributed by atoms with E-state index in [1.165, 1.54) is 44.3 Å². The zero-order valence-electron chi connectivity index (χ0n) is 12.0. The van der Waals surface area contributed by atoms with Gasteiger partial charge in [0.2, 0.25) is 0 Å². The van der Waals surface area contributed by atoms with E-state index in [4.69, 9.17) is 0 Å². The largest absolute Gasteiger partial charge is 0.313 e.